The molecule has 1 aromatic carbocycles. The molecule has 0 aliphatic rings. The zero-order valence-corrected chi connectivity index (χ0v) is 11.5. The van der Waals surface area contributed by atoms with Crippen LogP contribution >= 0.6 is 11.6 Å². The molecular weight excluding hydrogens is 260 g/mol. The van der Waals surface area contributed by atoms with Crippen molar-refractivity contribution in [3.8, 4) is 11.3 Å². The maximum Gasteiger partial charge on any atom is 0.252 e. The largest absolute Gasteiger partial charge is 0.252 e. The van der Waals surface area contributed by atoms with E-state index >= 15 is 0 Å². The smallest absolute Gasteiger partial charge is 0.209 e. The van der Waals surface area contributed by atoms with Crippen molar-refractivity contribution in [1.29, 1.82) is 0 Å². The van der Waals surface area contributed by atoms with Crippen LogP contribution in [0.25, 0.3) is 17.0 Å². The third kappa shape index (κ3) is 2.19. The number of fused-ring (bicyclic) bond motifs is 1. The highest BCUT2D eigenvalue weighted by molar-refractivity contribution is 6.30. The monoisotopic (exact) mass is 272 g/mol. The molecule has 96 valence electrons. The van der Waals surface area contributed by atoms with Crippen molar-refractivity contribution in [1.82, 2.24) is 19.6 Å². The Bertz CT molecular complexity index is 692. The molecule has 19 heavy (non-hydrogen) atoms. The summed E-state index contributed by atoms with van der Waals surface area (Å²) in [4.78, 5) is 8.66. The topological polar surface area (TPSA) is 43.1 Å². The Morgan fingerprint density at radius 1 is 1.16 bits per heavy atom. The molecule has 3 aromatic rings. The zero-order valence-electron chi connectivity index (χ0n) is 10.8. The van der Waals surface area contributed by atoms with Gasteiger partial charge in [-0.15, -0.1) is 0 Å². The third-order valence-corrected chi connectivity index (χ3v) is 3.44. The van der Waals surface area contributed by atoms with Gasteiger partial charge in [0.25, 0.3) is 5.78 Å². The molecule has 2 heterocycles. The minimum absolute atomic E-state index is 0.394. The van der Waals surface area contributed by atoms with Crippen LogP contribution < -0.4 is 0 Å². The standard InChI is InChI=1S/C14H13ClN4/c1-3-10-4-6-11(7-5-10)12-8-19-14(16-12)17-13(15)9(2)18-19/h4-8H,3H2,1-2H3. The maximum absolute atomic E-state index is 5.96. The summed E-state index contributed by atoms with van der Waals surface area (Å²) in [5.74, 6) is 0.519. The SMILES string of the molecule is CCc1ccc(-c2cn3nc(C)c(Cl)nc3n2)cc1. The first-order valence-electron chi connectivity index (χ1n) is 6.16. The second-order valence-corrected chi connectivity index (χ2v) is 4.77. The van der Waals surface area contributed by atoms with Crippen LogP contribution in [0.1, 0.15) is 18.2 Å². The molecule has 3 rings (SSSR count). The van der Waals surface area contributed by atoms with Crippen molar-refractivity contribution >= 4 is 17.4 Å². The molecule has 0 saturated carbocycles. The summed E-state index contributed by atoms with van der Waals surface area (Å²) in [6.45, 7) is 3.96. The number of imidazole rings is 1. The van der Waals surface area contributed by atoms with Gasteiger partial charge in [0.05, 0.1) is 17.6 Å². The van der Waals surface area contributed by atoms with Crippen molar-refractivity contribution in [2.45, 2.75) is 20.3 Å². The van der Waals surface area contributed by atoms with E-state index in [9.17, 15) is 0 Å². The van der Waals surface area contributed by atoms with Gasteiger partial charge in [0.1, 0.15) is 0 Å². The number of hydrogen-bond acceptors (Lipinski definition) is 3. The zero-order chi connectivity index (χ0) is 13.4. The van der Waals surface area contributed by atoms with Gasteiger partial charge in [0.15, 0.2) is 5.15 Å². The summed E-state index contributed by atoms with van der Waals surface area (Å²) in [5.41, 5.74) is 3.91. The number of halogens is 1. The highest BCUT2D eigenvalue weighted by Gasteiger charge is 2.08. The minimum Gasteiger partial charge on any atom is -0.209 e. The van der Waals surface area contributed by atoms with Crippen LogP contribution in [0.4, 0.5) is 0 Å². The van der Waals surface area contributed by atoms with E-state index in [0.717, 1.165) is 17.7 Å². The summed E-state index contributed by atoms with van der Waals surface area (Å²) in [6, 6.07) is 8.35. The van der Waals surface area contributed by atoms with E-state index in [2.05, 4.69) is 46.3 Å². The predicted octanol–water partition coefficient (Wildman–Crippen LogP) is 3.32. The van der Waals surface area contributed by atoms with E-state index in [1.807, 2.05) is 13.1 Å². The number of hydrogen-bond donors (Lipinski definition) is 0. The summed E-state index contributed by atoms with van der Waals surface area (Å²) in [6.07, 6.45) is 2.90. The van der Waals surface area contributed by atoms with Crippen molar-refractivity contribution in [3.63, 3.8) is 0 Å². The summed E-state index contributed by atoms with van der Waals surface area (Å²) < 4.78 is 1.66. The quantitative estimate of drug-likeness (QED) is 0.719. The van der Waals surface area contributed by atoms with E-state index in [1.165, 1.54) is 5.56 Å². The number of aromatic nitrogens is 4. The first-order chi connectivity index (χ1) is 9.17. The van der Waals surface area contributed by atoms with E-state index in [4.69, 9.17) is 11.6 Å². The van der Waals surface area contributed by atoms with E-state index in [1.54, 1.807) is 4.52 Å². The second kappa shape index (κ2) is 4.63. The number of aryl methyl sites for hydroxylation is 2. The van der Waals surface area contributed by atoms with Crippen LogP contribution in [-0.4, -0.2) is 19.6 Å². The van der Waals surface area contributed by atoms with Gasteiger partial charge in [0, 0.05) is 5.56 Å². The molecule has 0 saturated heterocycles. The minimum atomic E-state index is 0.394. The predicted molar refractivity (Wildman–Crippen MR) is 75.3 cm³/mol. The van der Waals surface area contributed by atoms with Gasteiger partial charge in [0.2, 0.25) is 0 Å². The van der Waals surface area contributed by atoms with Crippen molar-refractivity contribution in [3.05, 3.63) is 46.9 Å². The Hall–Kier alpha value is -1.94. The molecule has 2 aromatic heterocycles. The highest BCUT2D eigenvalue weighted by atomic mass is 35.5. The number of nitrogens with zero attached hydrogens (tertiary/aromatic N) is 4. The maximum atomic E-state index is 5.96. The van der Waals surface area contributed by atoms with Crippen molar-refractivity contribution in [2.75, 3.05) is 0 Å². The van der Waals surface area contributed by atoms with Crippen molar-refractivity contribution in [2.24, 2.45) is 0 Å². The molecular formula is C14H13ClN4. The number of benzene rings is 1. The van der Waals surface area contributed by atoms with Gasteiger partial charge in [-0.1, -0.05) is 42.8 Å². The van der Waals surface area contributed by atoms with Gasteiger partial charge < -0.3 is 0 Å². The molecule has 0 spiro atoms. The van der Waals surface area contributed by atoms with Crippen LogP contribution in [0.2, 0.25) is 5.15 Å². The van der Waals surface area contributed by atoms with Gasteiger partial charge in [-0.2, -0.15) is 10.1 Å². The first kappa shape index (κ1) is 12.1. The Kier molecular flexibility index (Phi) is 2.95. The Morgan fingerprint density at radius 3 is 2.58 bits per heavy atom. The fourth-order valence-corrected chi connectivity index (χ4v) is 2.05. The first-order valence-corrected chi connectivity index (χ1v) is 6.54. The van der Waals surface area contributed by atoms with Crippen molar-refractivity contribution < 1.29 is 0 Å². The lowest BCUT2D eigenvalue weighted by molar-refractivity contribution is 0.869. The van der Waals surface area contributed by atoms with Gasteiger partial charge in [-0.25, -0.2) is 9.50 Å². The van der Waals surface area contributed by atoms with Crippen LogP contribution in [0.15, 0.2) is 30.5 Å². The van der Waals surface area contributed by atoms with Crippen LogP contribution in [0.5, 0.6) is 0 Å². The molecule has 0 bridgehead atoms. The van der Waals surface area contributed by atoms with E-state index in [0.29, 0.717) is 16.6 Å². The fourth-order valence-electron chi connectivity index (χ4n) is 1.93. The fraction of sp³-hybridized carbons (Fsp3) is 0.214. The molecule has 0 aliphatic heterocycles. The molecule has 0 radical (unpaired) electrons. The Labute approximate surface area is 116 Å². The summed E-state index contributed by atoms with van der Waals surface area (Å²) in [7, 11) is 0. The molecule has 4 nitrogen and oxygen atoms in total. The molecule has 0 aliphatic carbocycles. The average molecular weight is 273 g/mol. The van der Waals surface area contributed by atoms with Crippen LogP contribution in [0.3, 0.4) is 0 Å². The molecule has 0 atom stereocenters. The number of rotatable bonds is 2. The molecule has 0 amide bonds. The van der Waals surface area contributed by atoms with E-state index in [-0.39, 0.29) is 0 Å². The summed E-state index contributed by atoms with van der Waals surface area (Å²) in [5, 5.41) is 4.71. The highest BCUT2D eigenvalue weighted by Crippen LogP contribution is 2.20. The van der Waals surface area contributed by atoms with Gasteiger partial charge in [-0.05, 0) is 18.9 Å². The van der Waals surface area contributed by atoms with Gasteiger partial charge >= 0.3 is 0 Å². The van der Waals surface area contributed by atoms with Gasteiger partial charge in [-0.3, -0.25) is 0 Å². The summed E-state index contributed by atoms with van der Waals surface area (Å²) >= 11 is 5.96. The van der Waals surface area contributed by atoms with Crippen LogP contribution in [0, 0.1) is 6.92 Å². The molecule has 5 heteroatoms. The lowest BCUT2D eigenvalue weighted by atomic mass is 10.1. The normalized spacial score (nSPS) is 11.1. The average Bonchev–Trinajstić information content (AvgIpc) is 2.82. The Balaban J connectivity index is 2.09. The second-order valence-electron chi connectivity index (χ2n) is 4.41. The lowest BCUT2D eigenvalue weighted by Crippen LogP contribution is -1.97. The van der Waals surface area contributed by atoms with E-state index < -0.39 is 0 Å². The molecule has 0 N–H and O–H groups in total. The Morgan fingerprint density at radius 2 is 1.89 bits per heavy atom. The molecule has 0 unspecified atom stereocenters. The van der Waals surface area contributed by atoms with Crippen LogP contribution in [-0.2, 0) is 6.42 Å². The third-order valence-electron chi connectivity index (χ3n) is 3.08. The molecule has 0 fully saturated rings. The lowest BCUT2D eigenvalue weighted by Gasteiger charge is -1.98.